The Hall–Kier alpha value is -1.09. The molecule has 0 aliphatic rings. The van der Waals surface area contributed by atoms with Gasteiger partial charge in [-0.05, 0) is 41.1 Å². The number of nitrogens with zero attached hydrogens (tertiary/aromatic N) is 2. The summed E-state index contributed by atoms with van der Waals surface area (Å²) in [6, 6.07) is 7.68. The molecule has 0 saturated carbocycles. The maximum absolute atomic E-state index is 11.9. The quantitative estimate of drug-likeness (QED) is 0.576. The first-order valence-corrected chi connectivity index (χ1v) is 8.34. The maximum Gasteiger partial charge on any atom is 0.234 e. The van der Waals surface area contributed by atoms with E-state index in [2.05, 4.69) is 50.0 Å². The molecule has 0 saturated heterocycles. The molecule has 20 heavy (non-hydrogen) atoms. The van der Waals surface area contributed by atoms with E-state index in [4.69, 9.17) is 0 Å². The van der Waals surface area contributed by atoms with Gasteiger partial charge in [-0.2, -0.15) is 0 Å². The van der Waals surface area contributed by atoms with Gasteiger partial charge in [0.25, 0.3) is 0 Å². The summed E-state index contributed by atoms with van der Waals surface area (Å²) in [7, 11) is 0. The zero-order valence-electron chi connectivity index (χ0n) is 11.0. The summed E-state index contributed by atoms with van der Waals surface area (Å²) >= 11 is 3.53. The van der Waals surface area contributed by atoms with Crippen LogP contribution in [-0.4, -0.2) is 26.8 Å². The Bertz CT molecular complexity index is 587. The molecule has 0 unspecified atom stereocenters. The molecule has 1 aromatic carbocycles. The minimum absolute atomic E-state index is 0.0547. The van der Waals surface area contributed by atoms with Crippen molar-refractivity contribution in [1.82, 2.24) is 15.2 Å². The average molecular weight is 402 g/mol. The lowest BCUT2D eigenvalue weighted by Gasteiger charge is -2.05. The maximum atomic E-state index is 11.9. The number of rotatable bonds is 6. The second-order valence-corrected chi connectivity index (χ2v) is 6.24. The molecule has 7 heteroatoms. The number of aromatic nitrogens is 3. The highest BCUT2D eigenvalue weighted by Gasteiger charge is 2.08. The Morgan fingerprint density at radius 3 is 3.00 bits per heavy atom. The van der Waals surface area contributed by atoms with E-state index in [9.17, 15) is 4.79 Å². The van der Waals surface area contributed by atoms with Crippen molar-refractivity contribution in [3.8, 4) is 0 Å². The van der Waals surface area contributed by atoms with Crippen molar-refractivity contribution in [1.29, 1.82) is 0 Å². The zero-order chi connectivity index (χ0) is 14.4. The molecule has 1 aromatic heterocycles. The zero-order valence-corrected chi connectivity index (χ0v) is 14.0. The third-order valence-corrected chi connectivity index (χ3v) is 4.27. The van der Waals surface area contributed by atoms with Gasteiger partial charge in [0.2, 0.25) is 11.1 Å². The number of anilines is 1. The summed E-state index contributed by atoms with van der Waals surface area (Å²) in [5, 5.41) is 10.4. The average Bonchev–Trinajstić information content (AvgIpc) is 2.87. The lowest BCUT2D eigenvalue weighted by Crippen LogP contribution is -2.14. The van der Waals surface area contributed by atoms with E-state index in [1.165, 1.54) is 11.8 Å². The minimum Gasteiger partial charge on any atom is -0.324 e. The van der Waals surface area contributed by atoms with Crippen LogP contribution in [0.2, 0.25) is 0 Å². The van der Waals surface area contributed by atoms with Gasteiger partial charge >= 0.3 is 0 Å². The van der Waals surface area contributed by atoms with E-state index >= 15 is 0 Å². The Labute approximate surface area is 135 Å². The van der Waals surface area contributed by atoms with Crippen molar-refractivity contribution in [2.45, 2.75) is 24.9 Å². The molecule has 0 aliphatic carbocycles. The third kappa shape index (κ3) is 4.48. The van der Waals surface area contributed by atoms with E-state index < -0.39 is 0 Å². The van der Waals surface area contributed by atoms with Crippen LogP contribution in [0.5, 0.6) is 0 Å². The molecule has 1 amide bonds. The molecule has 1 heterocycles. The molecular weight excluding hydrogens is 387 g/mol. The van der Waals surface area contributed by atoms with Crippen LogP contribution >= 0.6 is 34.4 Å². The first kappa shape index (κ1) is 15.3. The fourth-order valence-corrected chi connectivity index (χ4v) is 2.71. The molecule has 0 bridgehead atoms. The summed E-state index contributed by atoms with van der Waals surface area (Å²) in [5.74, 6) is 1.11. The fraction of sp³-hybridized carbons (Fsp3) is 0.308. The smallest absolute Gasteiger partial charge is 0.234 e. The number of carbonyl (C=O) groups excluding carboxylic acids is 1. The van der Waals surface area contributed by atoms with Gasteiger partial charge in [0.15, 0.2) is 0 Å². The van der Waals surface area contributed by atoms with E-state index in [1.54, 1.807) is 0 Å². The summed E-state index contributed by atoms with van der Waals surface area (Å²) in [5.41, 5.74) is 0.834. The highest BCUT2D eigenvalue weighted by atomic mass is 127. The Morgan fingerprint density at radius 1 is 1.45 bits per heavy atom. The second-order valence-electron chi connectivity index (χ2n) is 4.13. The number of thioether (sulfide) groups is 1. The number of hydrogen-bond donors (Lipinski definition) is 2. The number of benzene rings is 1. The molecule has 2 N–H and O–H groups in total. The number of halogens is 1. The molecule has 0 fully saturated rings. The van der Waals surface area contributed by atoms with E-state index in [0.29, 0.717) is 10.9 Å². The van der Waals surface area contributed by atoms with E-state index in [-0.39, 0.29) is 5.91 Å². The van der Waals surface area contributed by atoms with Gasteiger partial charge < -0.3 is 5.32 Å². The van der Waals surface area contributed by atoms with Gasteiger partial charge in [-0.1, -0.05) is 30.8 Å². The van der Waals surface area contributed by atoms with Gasteiger partial charge in [-0.15, -0.1) is 5.10 Å². The van der Waals surface area contributed by atoms with Crippen LogP contribution < -0.4 is 5.32 Å². The minimum atomic E-state index is -0.0547. The molecule has 0 atom stereocenters. The number of aryl methyl sites for hydroxylation is 1. The van der Waals surface area contributed by atoms with Gasteiger partial charge in [0.1, 0.15) is 5.82 Å². The SMILES string of the molecule is CCCc1nc(SCC(=O)Nc2ccccc2I)n[nH]1. The number of amides is 1. The third-order valence-electron chi connectivity index (χ3n) is 2.48. The topological polar surface area (TPSA) is 70.7 Å². The summed E-state index contributed by atoms with van der Waals surface area (Å²) in [4.78, 5) is 16.2. The predicted octanol–water partition coefficient (Wildman–Crippen LogP) is 3.09. The lowest BCUT2D eigenvalue weighted by molar-refractivity contribution is -0.113. The van der Waals surface area contributed by atoms with Crippen LogP contribution in [0.4, 0.5) is 5.69 Å². The monoisotopic (exact) mass is 402 g/mol. The summed E-state index contributed by atoms with van der Waals surface area (Å²) in [6.07, 6.45) is 1.90. The van der Waals surface area contributed by atoms with Crippen molar-refractivity contribution < 1.29 is 4.79 Å². The predicted molar refractivity (Wildman–Crippen MR) is 88.9 cm³/mol. The number of nitrogens with one attached hydrogen (secondary N) is 2. The van der Waals surface area contributed by atoms with Gasteiger partial charge in [0, 0.05) is 9.99 Å². The molecule has 0 spiro atoms. The van der Waals surface area contributed by atoms with Gasteiger partial charge in [-0.25, -0.2) is 4.98 Å². The first-order valence-electron chi connectivity index (χ1n) is 6.27. The molecule has 2 rings (SSSR count). The lowest BCUT2D eigenvalue weighted by atomic mass is 10.3. The normalized spacial score (nSPS) is 10.5. The highest BCUT2D eigenvalue weighted by Crippen LogP contribution is 2.18. The molecular formula is C13H15IN4OS. The number of H-pyrrole nitrogens is 1. The highest BCUT2D eigenvalue weighted by molar-refractivity contribution is 14.1. The Kier molecular flexibility index (Phi) is 5.84. The second kappa shape index (κ2) is 7.63. The van der Waals surface area contributed by atoms with E-state index in [0.717, 1.165) is 27.9 Å². The van der Waals surface area contributed by atoms with Crippen LogP contribution in [0, 0.1) is 3.57 Å². The number of para-hydroxylation sites is 1. The molecule has 106 valence electrons. The molecule has 5 nitrogen and oxygen atoms in total. The molecule has 0 aliphatic heterocycles. The Morgan fingerprint density at radius 2 is 2.25 bits per heavy atom. The molecule has 0 radical (unpaired) electrons. The van der Waals surface area contributed by atoms with Crippen LogP contribution in [0.25, 0.3) is 0 Å². The van der Waals surface area contributed by atoms with Crippen molar-refractivity contribution in [2.75, 3.05) is 11.1 Å². The van der Waals surface area contributed by atoms with Crippen molar-refractivity contribution in [3.63, 3.8) is 0 Å². The van der Waals surface area contributed by atoms with Gasteiger partial charge in [-0.3, -0.25) is 9.89 Å². The first-order chi connectivity index (χ1) is 9.69. The largest absolute Gasteiger partial charge is 0.324 e. The summed E-state index contributed by atoms with van der Waals surface area (Å²) < 4.78 is 1.02. The van der Waals surface area contributed by atoms with Crippen LogP contribution in [0.1, 0.15) is 19.2 Å². The number of carbonyl (C=O) groups is 1. The van der Waals surface area contributed by atoms with Crippen molar-refractivity contribution in [2.24, 2.45) is 0 Å². The summed E-state index contributed by atoms with van der Waals surface area (Å²) in [6.45, 7) is 2.09. The fourth-order valence-electron chi connectivity index (χ4n) is 1.57. The van der Waals surface area contributed by atoms with Crippen LogP contribution in [0.15, 0.2) is 29.4 Å². The molecule has 2 aromatic rings. The van der Waals surface area contributed by atoms with Crippen molar-refractivity contribution >= 4 is 45.9 Å². The van der Waals surface area contributed by atoms with Crippen LogP contribution in [0.3, 0.4) is 0 Å². The Balaban J connectivity index is 1.84. The van der Waals surface area contributed by atoms with Crippen LogP contribution in [-0.2, 0) is 11.2 Å². The van der Waals surface area contributed by atoms with Gasteiger partial charge in [0.05, 0.1) is 11.4 Å². The van der Waals surface area contributed by atoms with E-state index in [1.807, 2.05) is 24.3 Å². The number of aromatic amines is 1. The number of hydrogen-bond acceptors (Lipinski definition) is 4. The standard InChI is InChI=1S/C13H15IN4OS/c1-2-5-11-16-13(18-17-11)20-8-12(19)15-10-7-4-3-6-9(10)14/h3-4,6-7H,2,5,8H2,1H3,(H,15,19)(H,16,17,18). The van der Waals surface area contributed by atoms with Crippen molar-refractivity contribution in [3.05, 3.63) is 33.7 Å².